The zero-order valence-corrected chi connectivity index (χ0v) is 17.8. The van der Waals surface area contributed by atoms with E-state index in [0.29, 0.717) is 0 Å². The van der Waals surface area contributed by atoms with Crippen molar-refractivity contribution in [1.82, 2.24) is 0 Å². The molecule has 2 aliphatic carbocycles. The average molecular weight is 377 g/mol. The van der Waals surface area contributed by atoms with Crippen LogP contribution in [0.3, 0.4) is 0 Å². The van der Waals surface area contributed by atoms with Gasteiger partial charge in [0.05, 0.1) is 0 Å². The van der Waals surface area contributed by atoms with Gasteiger partial charge in [-0.2, -0.15) is 0 Å². The molecular formula is C29H28. The highest BCUT2D eigenvalue weighted by molar-refractivity contribution is 5.85. The van der Waals surface area contributed by atoms with Gasteiger partial charge in [-0.3, -0.25) is 0 Å². The molecule has 0 N–H and O–H groups in total. The first kappa shape index (κ1) is 18.2. The predicted molar refractivity (Wildman–Crippen MR) is 125 cm³/mol. The largest absolute Gasteiger partial charge is 0.0836 e. The molecule has 0 nitrogen and oxygen atoms in total. The molecule has 0 spiro atoms. The second-order valence-electron chi connectivity index (χ2n) is 9.10. The lowest BCUT2D eigenvalue weighted by Gasteiger charge is -2.22. The molecule has 29 heavy (non-hydrogen) atoms. The van der Waals surface area contributed by atoms with Crippen molar-refractivity contribution < 1.29 is 0 Å². The molecule has 144 valence electrons. The molecule has 0 bridgehead atoms. The minimum absolute atomic E-state index is 0.0423. The molecule has 0 radical (unpaired) electrons. The monoisotopic (exact) mass is 376 g/mol. The summed E-state index contributed by atoms with van der Waals surface area (Å²) >= 11 is 0. The second kappa shape index (κ2) is 6.59. The fourth-order valence-electron chi connectivity index (χ4n) is 5.07. The maximum absolute atomic E-state index is 2.42. The van der Waals surface area contributed by atoms with E-state index in [1.165, 1.54) is 62.1 Å². The van der Waals surface area contributed by atoms with E-state index in [1.54, 1.807) is 0 Å². The summed E-state index contributed by atoms with van der Waals surface area (Å²) in [6, 6.07) is 22.8. The zero-order valence-electron chi connectivity index (χ0n) is 17.8. The van der Waals surface area contributed by atoms with Crippen LogP contribution < -0.4 is 0 Å². The van der Waals surface area contributed by atoms with Crippen molar-refractivity contribution in [3.05, 3.63) is 101 Å². The van der Waals surface area contributed by atoms with E-state index in [2.05, 4.69) is 101 Å². The Balaban J connectivity index is 1.63. The number of aryl methyl sites for hydroxylation is 1. The van der Waals surface area contributed by atoms with Gasteiger partial charge in [-0.05, 0) is 88.9 Å². The maximum atomic E-state index is 2.42. The summed E-state index contributed by atoms with van der Waals surface area (Å²) in [5, 5.41) is 0. The molecule has 0 saturated heterocycles. The first-order valence-corrected chi connectivity index (χ1v) is 10.7. The molecule has 3 aromatic rings. The Labute approximate surface area is 174 Å². The number of allylic oxidation sites excluding steroid dienone is 4. The summed E-state index contributed by atoms with van der Waals surface area (Å²) in [6.07, 6.45) is 6.95. The highest BCUT2D eigenvalue weighted by Gasteiger charge is 2.35. The minimum Gasteiger partial charge on any atom is -0.0836 e. The normalized spacial score (nSPS) is 16.7. The molecule has 0 heteroatoms. The van der Waals surface area contributed by atoms with Crippen LogP contribution in [0.5, 0.6) is 0 Å². The van der Waals surface area contributed by atoms with Crippen LogP contribution in [0.15, 0.2) is 78.4 Å². The Morgan fingerprint density at radius 2 is 1.45 bits per heavy atom. The molecule has 0 heterocycles. The van der Waals surface area contributed by atoms with E-state index >= 15 is 0 Å². The van der Waals surface area contributed by atoms with Crippen LogP contribution in [0.4, 0.5) is 0 Å². The van der Waals surface area contributed by atoms with Crippen molar-refractivity contribution in [3.63, 3.8) is 0 Å². The van der Waals surface area contributed by atoms with E-state index in [9.17, 15) is 0 Å². The van der Waals surface area contributed by atoms with Crippen LogP contribution in [0.2, 0.25) is 0 Å². The highest BCUT2D eigenvalue weighted by Crippen LogP contribution is 2.49. The van der Waals surface area contributed by atoms with Crippen molar-refractivity contribution in [3.8, 4) is 22.3 Å². The summed E-state index contributed by atoms with van der Waals surface area (Å²) in [7, 11) is 0. The van der Waals surface area contributed by atoms with E-state index in [0.717, 1.165) is 6.42 Å². The lowest BCUT2D eigenvalue weighted by Crippen LogP contribution is -2.14. The number of hydrogen-bond donors (Lipinski definition) is 0. The van der Waals surface area contributed by atoms with Crippen LogP contribution in [-0.2, 0) is 5.41 Å². The molecule has 0 saturated carbocycles. The summed E-state index contributed by atoms with van der Waals surface area (Å²) < 4.78 is 0. The van der Waals surface area contributed by atoms with Crippen molar-refractivity contribution in [2.24, 2.45) is 0 Å². The number of hydrogen-bond acceptors (Lipinski definition) is 0. The number of benzene rings is 3. The van der Waals surface area contributed by atoms with E-state index in [-0.39, 0.29) is 5.41 Å². The van der Waals surface area contributed by atoms with Gasteiger partial charge in [-0.25, -0.2) is 0 Å². The lowest BCUT2D eigenvalue weighted by atomic mass is 9.81. The quantitative estimate of drug-likeness (QED) is 0.424. The Hall–Kier alpha value is -2.86. The van der Waals surface area contributed by atoms with Gasteiger partial charge in [0, 0.05) is 5.41 Å². The molecule has 0 atom stereocenters. The fraction of sp³-hybridized carbons (Fsp3) is 0.241. The smallest absolute Gasteiger partial charge is 0.0159 e. The standard InChI is InChI=1S/C29H28/c1-19-9-5-6-10-23(19)26-17-21(14-13-20(26)2)22-15-16-25-24-11-7-8-12-27(24)29(3,4)28(25)18-22/h6-8,10-18H,5,9H2,1-4H3. The SMILES string of the molecule is CC1=C(c2cc(-c3ccc4c(c3)C(C)(C)c3ccccc3-4)ccc2C)C=CCC1. The topological polar surface area (TPSA) is 0 Å². The molecule has 5 rings (SSSR count). The predicted octanol–water partition coefficient (Wildman–Crippen LogP) is 8.09. The second-order valence-corrected chi connectivity index (χ2v) is 9.10. The van der Waals surface area contributed by atoms with Crippen LogP contribution >= 0.6 is 0 Å². The summed E-state index contributed by atoms with van der Waals surface area (Å²) in [5.74, 6) is 0. The maximum Gasteiger partial charge on any atom is 0.0159 e. The van der Waals surface area contributed by atoms with Crippen molar-refractivity contribution in [2.45, 2.75) is 46.0 Å². The van der Waals surface area contributed by atoms with Crippen LogP contribution in [-0.4, -0.2) is 0 Å². The summed E-state index contributed by atoms with van der Waals surface area (Å²) in [4.78, 5) is 0. The van der Waals surface area contributed by atoms with Gasteiger partial charge >= 0.3 is 0 Å². The molecular weight excluding hydrogens is 348 g/mol. The van der Waals surface area contributed by atoms with Gasteiger partial charge in [0.1, 0.15) is 0 Å². The van der Waals surface area contributed by atoms with E-state index in [1.807, 2.05) is 0 Å². The molecule has 0 amide bonds. The Bertz CT molecular complexity index is 1180. The van der Waals surface area contributed by atoms with Gasteiger partial charge in [0.15, 0.2) is 0 Å². The van der Waals surface area contributed by atoms with Crippen LogP contribution in [0.25, 0.3) is 27.8 Å². The first-order valence-electron chi connectivity index (χ1n) is 10.7. The Morgan fingerprint density at radius 3 is 2.28 bits per heavy atom. The third-order valence-electron chi connectivity index (χ3n) is 6.87. The molecule has 3 aromatic carbocycles. The summed E-state index contributed by atoms with van der Waals surface area (Å²) in [6.45, 7) is 9.20. The zero-order chi connectivity index (χ0) is 20.2. The van der Waals surface area contributed by atoms with Crippen molar-refractivity contribution >= 4 is 5.57 Å². The van der Waals surface area contributed by atoms with Gasteiger partial charge < -0.3 is 0 Å². The third-order valence-corrected chi connectivity index (χ3v) is 6.87. The molecule has 2 aliphatic rings. The lowest BCUT2D eigenvalue weighted by molar-refractivity contribution is 0.660. The fourth-order valence-corrected chi connectivity index (χ4v) is 5.07. The van der Waals surface area contributed by atoms with Crippen molar-refractivity contribution in [2.75, 3.05) is 0 Å². The molecule has 0 unspecified atom stereocenters. The van der Waals surface area contributed by atoms with Gasteiger partial charge in [0.25, 0.3) is 0 Å². The van der Waals surface area contributed by atoms with Gasteiger partial charge in [-0.1, -0.05) is 80.1 Å². The van der Waals surface area contributed by atoms with Crippen LogP contribution in [0, 0.1) is 6.92 Å². The van der Waals surface area contributed by atoms with Crippen molar-refractivity contribution in [1.29, 1.82) is 0 Å². The Kier molecular flexibility index (Phi) is 4.13. The minimum atomic E-state index is 0.0423. The van der Waals surface area contributed by atoms with E-state index < -0.39 is 0 Å². The Morgan fingerprint density at radius 1 is 0.724 bits per heavy atom. The third kappa shape index (κ3) is 2.82. The van der Waals surface area contributed by atoms with Gasteiger partial charge in [0.2, 0.25) is 0 Å². The molecule has 0 fully saturated rings. The number of rotatable bonds is 2. The average Bonchev–Trinajstić information content (AvgIpc) is 2.96. The molecule has 0 aromatic heterocycles. The summed E-state index contributed by atoms with van der Waals surface area (Å²) in [5.41, 5.74) is 13.9. The van der Waals surface area contributed by atoms with Crippen LogP contribution in [0.1, 0.15) is 55.9 Å². The molecule has 0 aliphatic heterocycles. The van der Waals surface area contributed by atoms with E-state index in [4.69, 9.17) is 0 Å². The first-order chi connectivity index (χ1) is 14.0. The number of fused-ring (bicyclic) bond motifs is 3. The van der Waals surface area contributed by atoms with Gasteiger partial charge in [-0.15, -0.1) is 0 Å². The highest BCUT2D eigenvalue weighted by atomic mass is 14.4.